The van der Waals surface area contributed by atoms with Crippen molar-refractivity contribution in [2.75, 3.05) is 0 Å². The molecule has 0 bridgehead atoms. The van der Waals surface area contributed by atoms with E-state index in [9.17, 15) is 0 Å². The number of aryl methyl sites for hydroxylation is 3. The standard InChI is InChI=1S/C20H12N3.C11H9N2.Ir/c1-14-10-20(17-9-8-15(12-21)11-19(17)22-2)23-13-18(14)16-6-4-3-5-7-16;1-2-4-10-9(3-1)5-7-13-8-6-12-11(10)13;/h3-8,10-11,13H,1H3;1-3,6,8H,5,7H2;/q2*-1;. The summed E-state index contributed by atoms with van der Waals surface area (Å²) in [5.41, 5.74) is 7.92. The number of nitrogens with zero attached hydrogens (tertiary/aromatic N) is 5. The zero-order valence-corrected chi connectivity index (χ0v) is 22.5. The monoisotopic (exact) mass is 656 g/mol. The first kappa shape index (κ1) is 25.7. The predicted molar refractivity (Wildman–Crippen MR) is 140 cm³/mol. The molecule has 0 spiro atoms. The fraction of sp³-hybridized carbons (Fsp3) is 0.0968. The normalized spacial score (nSPS) is 10.9. The molecule has 181 valence electrons. The molecule has 0 fully saturated rings. The summed E-state index contributed by atoms with van der Waals surface area (Å²) in [5, 5.41) is 8.94. The molecule has 6 heteroatoms. The van der Waals surface area contributed by atoms with E-state index in [0.717, 1.165) is 35.5 Å². The van der Waals surface area contributed by atoms with Crippen LogP contribution >= 0.6 is 0 Å². The fourth-order valence-corrected chi connectivity index (χ4v) is 4.30. The molecule has 1 aliphatic heterocycles. The minimum atomic E-state index is 0. The Kier molecular flexibility index (Phi) is 8.06. The molecule has 5 aromatic rings. The second kappa shape index (κ2) is 11.6. The van der Waals surface area contributed by atoms with E-state index in [1.807, 2.05) is 80.1 Å². The number of imidazole rings is 1. The number of hydrogen-bond donors (Lipinski definition) is 0. The summed E-state index contributed by atoms with van der Waals surface area (Å²) in [6.45, 7) is 10.4. The molecule has 0 unspecified atom stereocenters. The van der Waals surface area contributed by atoms with Gasteiger partial charge in [0.25, 0.3) is 0 Å². The maximum Gasteiger partial charge on any atom is 0.236 e. The van der Waals surface area contributed by atoms with E-state index in [1.54, 1.807) is 12.1 Å². The summed E-state index contributed by atoms with van der Waals surface area (Å²) in [6.07, 6.45) is 6.79. The molecule has 6 rings (SSSR count). The first-order valence-corrected chi connectivity index (χ1v) is 11.5. The van der Waals surface area contributed by atoms with Crippen LogP contribution in [0.1, 0.15) is 16.7 Å². The molecule has 1 aliphatic rings. The van der Waals surface area contributed by atoms with Gasteiger partial charge in [0, 0.05) is 56.9 Å². The van der Waals surface area contributed by atoms with Gasteiger partial charge in [-0.25, -0.2) is 5.26 Å². The van der Waals surface area contributed by atoms with E-state index < -0.39 is 0 Å². The number of rotatable bonds is 2. The number of hydrogen-bond acceptors (Lipinski definition) is 3. The summed E-state index contributed by atoms with van der Waals surface area (Å²) in [6, 6.07) is 29.6. The molecule has 2 aromatic heterocycles. The summed E-state index contributed by atoms with van der Waals surface area (Å²) < 4.78 is 2.18. The van der Waals surface area contributed by atoms with Crippen LogP contribution in [0.25, 0.3) is 38.6 Å². The Bertz CT molecular complexity index is 1620. The van der Waals surface area contributed by atoms with Gasteiger partial charge >= 0.3 is 0 Å². The smallest absolute Gasteiger partial charge is 0.236 e. The van der Waals surface area contributed by atoms with Crippen LogP contribution in [0.15, 0.2) is 85.3 Å². The molecule has 1 radical (unpaired) electrons. The Morgan fingerprint density at radius 3 is 2.65 bits per heavy atom. The van der Waals surface area contributed by atoms with Crippen LogP contribution in [0, 0.1) is 37.0 Å². The molecule has 0 N–H and O–H groups in total. The van der Waals surface area contributed by atoms with Gasteiger partial charge in [-0.1, -0.05) is 36.4 Å². The summed E-state index contributed by atoms with van der Waals surface area (Å²) >= 11 is 0. The number of aromatic nitrogens is 3. The third-order valence-corrected chi connectivity index (χ3v) is 6.13. The number of nitriles is 1. The van der Waals surface area contributed by atoms with Crippen LogP contribution in [0.4, 0.5) is 5.69 Å². The van der Waals surface area contributed by atoms with E-state index in [2.05, 4.69) is 37.6 Å². The average Bonchev–Trinajstić information content (AvgIpc) is 3.43. The minimum Gasteiger partial charge on any atom is -0.371 e. The minimum absolute atomic E-state index is 0. The molecular weight excluding hydrogens is 635 g/mol. The molecular formula is C31H21IrN5-2. The number of pyridine rings is 1. The van der Waals surface area contributed by atoms with Gasteiger partial charge < -0.3 is 9.55 Å². The van der Waals surface area contributed by atoms with Crippen molar-refractivity contribution in [1.82, 2.24) is 14.5 Å². The van der Waals surface area contributed by atoms with Crippen molar-refractivity contribution in [1.29, 1.82) is 5.26 Å². The fourth-order valence-electron chi connectivity index (χ4n) is 4.30. The van der Waals surface area contributed by atoms with Crippen molar-refractivity contribution in [3.63, 3.8) is 0 Å². The van der Waals surface area contributed by atoms with Crippen molar-refractivity contribution in [3.05, 3.63) is 126 Å². The van der Waals surface area contributed by atoms with Crippen molar-refractivity contribution >= 4 is 5.69 Å². The van der Waals surface area contributed by atoms with Gasteiger partial charge in [0.2, 0.25) is 5.69 Å². The van der Waals surface area contributed by atoms with Crippen LogP contribution in [0.5, 0.6) is 0 Å². The molecule has 5 nitrogen and oxygen atoms in total. The van der Waals surface area contributed by atoms with Crippen LogP contribution in [0.3, 0.4) is 0 Å². The molecule has 0 atom stereocenters. The molecule has 3 heterocycles. The van der Waals surface area contributed by atoms with Gasteiger partial charge in [-0.2, -0.15) is 4.85 Å². The number of fused-ring (bicyclic) bond motifs is 3. The second-order valence-corrected chi connectivity index (χ2v) is 8.39. The summed E-state index contributed by atoms with van der Waals surface area (Å²) in [4.78, 5) is 12.3. The molecule has 0 aliphatic carbocycles. The number of benzene rings is 3. The molecule has 3 aromatic carbocycles. The molecule has 0 saturated carbocycles. The SMILES string of the molecule is [C-]#[N+]c1cc(C#N)c[c-]c1-c1cc(C)c(-c2ccccc2)cn1.[Ir].[c-]1cccc2c1-c1nccn1CC2. The van der Waals surface area contributed by atoms with Crippen molar-refractivity contribution in [2.24, 2.45) is 0 Å². The van der Waals surface area contributed by atoms with Crippen LogP contribution < -0.4 is 0 Å². The zero-order chi connectivity index (χ0) is 24.9. The predicted octanol–water partition coefficient (Wildman–Crippen LogP) is 6.85. The van der Waals surface area contributed by atoms with Crippen molar-refractivity contribution in [2.45, 2.75) is 19.9 Å². The largest absolute Gasteiger partial charge is 0.371 e. The van der Waals surface area contributed by atoms with Crippen molar-refractivity contribution < 1.29 is 20.1 Å². The van der Waals surface area contributed by atoms with E-state index in [1.165, 1.54) is 11.1 Å². The van der Waals surface area contributed by atoms with Gasteiger partial charge in [0.1, 0.15) is 6.57 Å². The van der Waals surface area contributed by atoms with Gasteiger partial charge in [-0.3, -0.25) is 4.98 Å². The van der Waals surface area contributed by atoms with E-state index in [4.69, 9.17) is 11.8 Å². The Labute approximate surface area is 230 Å². The quantitative estimate of drug-likeness (QED) is 0.196. The van der Waals surface area contributed by atoms with Gasteiger partial charge in [0.15, 0.2) is 0 Å². The first-order chi connectivity index (χ1) is 17.7. The van der Waals surface area contributed by atoms with Gasteiger partial charge in [0.05, 0.1) is 5.82 Å². The van der Waals surface area contributed by atoms with Crippen LogP contribution in [-0.4, -0.2) is 14.5 Å². The summed E-state index contributed by atoms with van der Waals surface area (Å²) in [7, 11) is 0. The Hall–Kier alpha value is -4.35. The van der Waals surface area contributed by atoms with Gasteiger partial charge in [-0.05, 0) is 47.4 Å². The maximum atomic E-state index is 8.94. The van der Waals surface area contributed by atoms with Crippen LogP contribution in [-0.2, 0) is 33.1 Å². The third-order valence-electron chi connectivity index (χ3n) is 6.13. The van der Waals surface area contributed by atoms with E-state index >= 15 is 0 Å². The van der Waals surface area contributed by atoms with E-state index in [-0.39, 0.29) is 20.1 Å². The Balaban J connectivity index is 0.000000193. The van der Waals surface area contributed by atoms with Crippen molar-refractivity contribution in [3.8, 4) is 39.8 Å². The second-order valence-electron chi connectivity index (χ2n) is 8.39. The first-order valence-electron chi connectivity index (χ1n) is 11.5. The van der Waals surface area contributed by atoms with E-state index in [0.29, 0.717) is 22.5 Å². The molecule has 0 saturated heterocycles. The Morgan fingerprint density at radius 1 is 1.05 bits per heavy atom. The topological polar surface area (TPSA) is 58.9 Å². The average molecular weight is 656 g/mol. The zero-order valence-electron chi connectivity index (χ0n) is 20.1. The van der Waals surface area contributed by atoms with Gasteiger partial charge in [-0.15, -0.1) is 47.5 Å². The summed E-state index contributed by atoms with van der Waals surface area (Å²) in [5.74, 6) is 1.06. The molecule has 0 amide bonds. The third kappa shape index (κ3) is 5.42. The van der Waals surface area contributed by atoms with Crippen LogP contribution in [0.2, 0.25) is 0 Å². The maximum absolute atomic E-state index is 8.94. The Morgan fingerprint density at radius 2 is 1.89 bits per heavy atom. The molecule has 37 heavy (non-hydrogen) atoms.